The summed E-state index contributed by atoms with van der Waals surface area (Å²) in [4.78, 5) is 9.16. The second-order valence-electron chi connectivity index (χ2n) is 2.90. The minimum Gasteiger partial charge on any atom is -0.383 e. The van der Waals surface area contributed by atoms with Crippen LogP contribution < -0.4 is 5.32 Å². The maximum absolute atomic E-state index is 5.81. The summed E-state index contributed by atoms with van der Waals surface area (Å²) in [5.41, 5.74) is 0. The van der Waals surface area contributed by atoms with E-state index in [4.69, 9.17) is 16.3 Å². The van der Waals surface area contributed by atoms with E-state index in [1.807, 2.05) is 11.4 Å². The first kappa shape index (κ1) is 10.6. The summed E-state index contributed by atoms with van der Waals surface area (Å²) in [5.74, 6) is 0.767. The lowest BCUT2D eigenvalue weighted by Gasteiger charge is -2.05. The highest BCUT2D eigenvalue weighted by atomic mass is 35.5. The Kier molecular flexibility index (Phi) is 3.35. The van der Waals surface area contributed by atoms with Gasteiger partial charge in [0.1, 0.15) is 10.6 Å². The van der Waals surface area contributed by atoms with Gasteiger partial charge in [0.2, 0.25) is 5.28 Å². The van der Waals surface area contributed by atoms with Crippen LogP contribution in [0.3, 0.4) is 0 Å². The van der Waals surface area contributed by atoms with Crippen LogP contribution in [0.1, 0.15) is 0 Å². The van der Waals surface area contributed by atoms with Crippen LogP contribution in [0.25, 0.3) is 10.2 Å². The number of halogens is 1. The molecule has 2 aromatic rings. The molecule has 0 saturated carbocycles. The lowest BCUT2D eigenvalue weighted by molar-refractivity contribution is 0.210. The molecular weight excluding hydrogens is 234 g/mol. The Morgan fingerprint density at radius 3 is 3.20 bits per heavy atom. The van der Waals surface area contributed by atoms with Crippen molar-refractivity contribution in [3.63, 3.8) is 0 Å². The second kappa shape index (κ2) is 4.74. The Morgan fingerprint density at radius 1 is 1.53 bits per heavy atom. The molecule has 0 aliphatic heterocycles. The normalized spacial score (nSPS) is 10.8. The molecule has 4 nitrogen and oxygen atoms in total. The Labute approximate surface area is 96.3 Å². The van der Waals surface area contributed by atoms with Crippen molar-refractivity contribution in [3.8, 4) is 0 Å². The molecule has 2 heterocycles. The molecule has 1 N–H and O–H groups in total. The molecule has 0 saturated heterocycles. The van der Waals surface area contributed by atoms with E-state index in [1.54, 1.807) is 18.4 Å². The van der Waals surface area contributed by atoms with Crippen LogP contribution in [0.5, 0.6) is 0 Å². The van der Waals surface area contributed by atoms with Crippen molar-refractivity contribution in [2.24, 2.45) is 0 Å². The molecule has 0 aromatic carbocycles. The maximum Gasteiger partial charge on any atom is 0.225 e. The molecule has 0 bridgehead atoms. The average molecular weight is 244 g/mol. The number of hydrogen-bond acceptors (Lipinski definition) is 5. The van der Waals surface area contributed by atoms with E-state index in [9.17, 15) is 0 Å². The van der Waals surface area contributed by atoms with Crippen molar-refractivity contribution in [2.45, 2.75) is 0 Å². The number of anilines is 1. The Hall–Kier alpha value is -0.910. The van der Waals surface area contributed by atoms with Gasteiger partial charge in [-0.25, -0.2) is 9.97 Å². The van der Waals surface area contributed by atoms with Gasteiger partial charge in [-0.2, -0.15) is 0 Å². The molecule has 0 unspecified atom stereocenters. The van der Waals surface area contributed by atoms with Crippen molar-refractivity contribution in [2.75, 3.05) is 25.6 Å². The van der Waals surface area contributed by atoms with E-state index in [0.29, 0.717) is 13.2 Å². The summed E-state index contributed by atoms with van der Waals surface area (Å²) in [7, 11) is 1.66. The first-order chi connectivity index (χ1) is 7.31. The standard InChI is InChI=1S/C9H10ClN3OS/c1-14-4-3-11-7-6-2-5-15-8(6)13-9(10)12-7/h2,5H,3-4H2,1H3,(H,11,12,13). The average Bonchev–Trinajstić information content (AvgIpc) is 2.65. The molecule has 0 aliphatic carbocycles. The number of ether oxygens (including phenoxy) is 1. The number of nitrogens with zero attached hydrogens (tertiary/aromatic N) is 2. The van der Waals surface area contributed by atoms with E-state index < -0.39 is 0 Å². The molecule has 0 radical (unpaired) electrons. The predicted molar refractivity (Wildman–Crippen MR) is 62.8 cm³/mol. The van der Waals surface area contributed by atoms with Crippen LogP contribution in [0, 0.1) is 0 Å². The Balaban J connectivity index is 2.27. The van der Waals surface area contributed by atoms with Gasteiger partial charge in [0.15, 0.2) is 0 Å². The van der Waals surface area contributed by atoms with E-state index in [-0.39, 0.29) is 5.28 Å². The molecule has 15 heavy (non-hydrogen) atoms. The number of rotatable bonds is 4. The van der Waals surface area contributed by atoms with Gasteiger partial charge in [-0.1, -0.05) is 0 Å². The number of fused-ring (bicyclic) bond motifs is 1. The quantitative estimate of drug-likeness (QED) is 0.662. The van der Waals surface area contributed by atoms with Gasteiger partial charge >= 0.3 is 0 Å². The van der Waals surface area contributed by atoms with Crippen LogP contribution in [-0.2, 0) is 4.74 Å². The smallest absolute Gasteiger partial charge is 0.225 e. The monoisotopic (exact) mass is 243 g/mol. The zero-order valence-corrected chi connectivity index (χ0v) is 9.73. The van der Waals surface area contributed by atoms with Crippen LogP contribution in [-0.4, -0.2) is 30.2 Å². The largest absolute Gasteiger partial charge is 0.383 e. The molecule has 0 fully saturated rings. The van der Waals surface area contributed by atoms with E-state index in [1.165, 1.54) is 0 Å². The van der Waals surface area contributed by atoms with Crippen LogP contribution >= 0.6 is 22.9 Å². The summed E-state index contributed by atoms with van der Waals surface area (Å²) in [6, 6.07) is 1.98. The van der Waals surface area contributed by atoms with Gasteiger partial charge in [0.25, 0.3) is 0 Å². The van der Waals surface area contributed by atoms with E-state index >= 15 is 0 Å². The third kappa shape index (κ3) is 2.37. The van der Waals surface area contributed by atoms with Gasteiger partial charge in [-0.3, -0.25) is 0 Å². The number of nitrogens with one attached hydrogen (secondary N) is 1. The molecule has 0 aliphatic rings. The zero-order chi connectivity index (χ0) is 10.7. The highest BCUT2D eigenvalue weighted by molar-refractivity contribution is 7.16. The first-order valence-electron chi connectivity index (χ1n) is 4.45. The van der Waals surface area contributed by atoms with Crippen molar-refractivity contribution in [1.82, 2.24) is 9.97 Å². The lowest BCUT2D eigenvalue weighted by atomic mass is 10.4. The van der Waals surface area contributed by atoms with Crippen LogP contribution in [0.4, 0.5) is 5.82 Å². The minimum absolute atomic E-state index is 0.268. The summed E-state index contributed by atoms with van der Waals surface area (Å²) >= 11 is 7.35. The molecule has 0 spiro atoms. The summed E-state index contributed by atoms with van der Waals surface area (Å²) in [6.07, 6.45) is 0. The van der Waals surface area contributed by atoms with Crippen molar-refractivity contribution in [1.29, 1.82) is 0 Å². The maximum atomic E-state index is 5.81. The van der Waals surface area contributed by atoms with Crippen LogP contribution in [0.2, 0.25) is 5.28 Å². The SMILES string of the molecule is COCCNc1nc(Cl)nc2sccc12. The zero-order valence-electron chi connectivity index (χ0n) is 8.16. The highest BCUT2D eigenvalue weighted by Crippen LogP contribution is 2.25. The molecule has 6 heteroatoms. The molecule has 80 valence electrons. The summed E-state index contributed by atoms with van der Waals surface area (Å²) in [5, 5.41) is 6.40. The van der Waals surface area contributed by atoms with E-state index in [2.05, 4.69) is 15.3 Å². The third-order valence-electron chi connectivity index (χ3n) is 1.90. The van der Waals surface area contributed by atoms with E-state index in [0.717, 1.165) is 16.0 Å². The predicted octanol–water partition coefficient (Wildman–Crippen LogP) is 2.40. The highest BCUT2D eigenvalue weighted by Gasteiger charge is 2.06. The van der Waals surface area contributed by atoms with Crippen LogP contribution in [0.15, 0.2) is 11.4 Å². The second-order valence-corrected chi connectivity index (χ2v) is 4.13. The molecule has 0 atom stereocenters. The number of thiophene rings is 1. The fourth-order valence-electron chi connectivity index (χ4n) is 1.24. The molecule has 2 rings (SSSR count). The Morgan fingerprint density at radius 2 is 2.40 bits per heavy atom. The Bertz CT molecular complexity index is 460. The fourth-order valence-corrected chi connectivity index (χ4v) is 2.22. The third-order valence-corrected chi connectivity index (χ3v) is 2.87. The molecule has 2 aromatic heterocycles. The fraction of sp³-hybridized carbons (Fsp3) is 0.333. The molecular formula is C9H10ClN3OS. The summed E-state index contributed by atoms with van der Waals surface area (Å²) < 4.78 is 4.95. The van der Waals surface area contributed by atoms with Crippen molar-refractivity contribution in [3.05, 3.63) is 16.7 Å². The van der Waals surface area contributed by atoms with Gasteiger partial charge < -0.3 is 10.1 Å². The van der Waals surface area contributed by atoms with Gasteiger partial charge in [0.05, 0.1) is 12.0 Å². The number of methoxy groups -OCH3 is 1. The topological polar surface area (TPSA) is 47.0 Å². The summed E-state index contributed by atoms with van der Waals surface area (Å²) in [6.45, 7) is 1.34. The van der Waals surface area contributed by atoms with Gasteiger partial charge in [-0.15, -0.1) is 11.3 Å². The first-order valence-corrected chi connectivity index (χ1v) is 5.70. The number of hydrogen-bond donors (Lipinski definition) is 1. The molecule has 0 amide bonds. The van der Waals surface area contributed by atoms with Crippen molar-refractivity contribution < 1.29 is 4.74 Å². The minimum atomic E-state index is 0.268. The van der Waals surface area contributed by atoms with Gasteiger partial charge in [-0.05, 0) is 23.0 Å². The lowest BCUT2D eigenvalue weighted by Crippen LogP contribution is -2.09. The van der Waals surface area contributed by atoms with Crippen molar-refractivity contribution >= 4 is 39.0 Å². The van der Waals surface area contributed by atoms with Gasteiger partial charge in [0, 0.05) is 13.7 Å². The number of aromatic nitrogens is 2.